The van der Waals surface area contributed by atoms with Crippen molar-refractivity contribution in [2.24, 2.45) is 0 Å². The Morgan fingerprint density at radius 2 is 0.820 bits per heavy atom. The molecule has 0 atom stereocenters. The lowest BCUT2D eigenvalue weighted by Gasteiger charge is -2.11. The van der Waals surface area contributed by atoms with Gasteiger partial charge in [-0.25, -0.2) is 9.97 Å². The van der Waals surface area contributed by atoms with Gasteiger partial charge in [0.25, 0.3) is 0 Å². The first-order valence-electron chi connectivity index (χ1n) is 16.9. The molecule has 0 aliphatic rings. The molecule has 0 N–H and O–H groups in total. The number of fused-ring (bicyclic) bond motifs is 6. The Hall–Kier alpha value is -6.78. The van der Waals surface area contributed by atoms with Crippen LogP contribution in [0.3, 0.4) is 0 Å². The zero-order valence-electron chi connectivity index (χ0n) is 27.1. The maximum absolute atomic E-state index is 4.96. The molecule has 4 nitrogen and oxygen atoms in total. The number of benzene rings is 7. The summed E-state index contributed by atoms with van der Waals surface area (Å²) in [5.74, 6) is 0.708. The molecule has 10 rings (SSSR count). The molecule has 0 radical (unpaired) electrons. The van der Waals surface area contributed by atoms with Crippen molar-refractivity contribution in [1.29, 1.82) is 0 Å². The molecule has 7 aromatic carbocycles. The molecule has 234 valence electrons. The van der Waals surface area contributed by atoms with Gasteiger partial charge in [-0.2, -0.15) is 0 Å². The number of para-hydroxylation sites is 3. The van der Waals surface area contributed by atoms with Crippen LogP contribution < -0.4 is 0 Å². The molecular weight excluding hydrogens is 609 g/mol. The minimum Gasteiger partial charge on any atom is -0.309 e. The number of aromatic nitrogens is 4. The molecule has 3 aromatic heterocycles. The van der Waals surface area contributed by atoms with Crippen molar-refractivity contribution in [2.75, 3.05) is 0 Å². The molecule has 0 unspecified atom stereocenters. The summed E-state index contributed by atoms with van der Waals surface area (Å²) in [6, 6.07) is 62.4. The topological polar surface area (TPSA) is 35.6 Å². The first-order valence-corrected chi connectivity index (χ1v) is 16.9. The van der Waals surface area contributed by atoms with E-state index in [2.05, 4.69) is 178 Å². The summed E-state index contributed by atoms with van der Waals surface area (Å²) in [5.41, 5.74) is 12.3. The molecule has 10 aromatic rings. The molecule has 0 fully saturated rings. The number of hydrogen-bond donors (Lipinski definition) is 0. The SMILES string of the molecule is c1ccc(-c2ccc(-c3ccnc(-c4ccc(-n5c6ccccc6c6cc(-n7c8ccccc8c8ccccc87)ccc65)cc4)n3)cc2)cc1. The molecule has 0 saturated heterocycles. The van der Waals surface area contributed by atoms with Crippen LogP contribution in [0.2, 0.25) is 0 Å². The Bertz CT molecular complexity index is 2790. The van der Waals surface area contributed by atoms with E-state index in [1.165, 1.54) is 54.7 Å². The van der Waals surface area contributed by atoms with E-state index in [1.807, 2.05) is 18.3 Å². The average molecular weight is 639 g/mol. The van der Waals surface area contributed by atoms with Crippen LogP contribution in [0.25, 0.3) is 88.8 Å². The van der Waals surface area contributed by atoms with E-state index < -0.39 is 0 Å². The lowest BCUT2D eigenvalue weighted by Crippen LogP contribution is -1.96. The van der Waals surface area contributed by atoms with E-state index in [1.54, 1.807) is 0 Å². The third-order valence-corrected chi connectivity index (χ3v) is 9.82. The summed E-state index contributed by atoms with van der Waals surface area (Å²) in [6.45, 7) is 0. The van der Waals surface area contributed by atoms with Gasteiger partial charge in [-0.3, -0.25) is 0 Å². The highest BCUT2D eigenvalue weighted by molar-refractivity contribution is 6.12. The monoisotopic (exact) mass is 638 g/mol. The van der Waals surface area contributed by atoms with Crippen LogP contribution in [0, 0.1) is 0 Å². The smallest absolute Gasteiger partial charge is 0.159 e. The first kappa shape index (κ1) is 28.3. The third-order valence-electron chi connectivity index (χ3n) is 9.82. The maximum atomic E-state index is 4.96. The van der Waals surface area contributed by atoms with E-state index in [-0.39, 0.29) is 0 Å². The van der Waals surface area contributed by atoms with Gasteiger partial charge >= 0.3 is 0 Å². The lowest BCUT2D eigenvalue weighted by atomic mass is 10.0. The van der Waals surface area contributed by atoms with Gasteiger partial charge < -0.3 is 9.13 Å². The van der Waals surface area contributed by atoms with Gasteiger partial charge in [0.05, 0.1) is 27.8 Å². The van der Waals surface area contributed by atoms with Crippen molar-refractivity contribution >= 4 is 43.6 Å². The van der Waals surface area contributed by atoms with E-state index in [0.717, 1.165) is 28.2 Å². The lowest BCUT2D eigenvalue weighted by molar-refractivity contribution is 1.16. The van der Waals surface area contributed by atoms with Crippen LogP contribution in [-0.2, 0) is 0 Å². The molecule has 4 heteroatoms. The quantitative estimate of drug-likeness (QED) is 0.188. The second kappa shape index (κ2) is 11.4. The standard InChI is InChI=1S/C46H30N4/c1-2-10-31(11-3-1)32-18-20-33(21-19-32)41-28-29-47-46(48-41)34-22-24-35(25-23-34)49-44-17-9-6-14-39(44)40-30-36(26-27-45(40)49)50-42-15-7-4-12-37(42)38-13-5-8-16-43(38)50/h1-30H. The van der Waals surface area contributed by atoms with Gasteiger partial charge in [0.1, 0.15) is 0 Å². The van der Waals surface area contributed by atoms with Gasteiger partial charge in [0, 0.05) is 50.2 Å². The minimum atomic E-state index is 0.708. The molecule has 0 spiro atoms. The summed E-state index contributed by atoms with van der Waals surface area (Å²) in [5, 5.41) is 4.98. The summed E-state index contributed by atoms with van der Waals surface area (Å²) in [7, 11) is 0. The second-order valence-electron chi connectivity index (χ2n) is 12.7. The normalized spacial score (nSPS) is 11.6. The first-order chi connectivity index (χ1) is 24.8. The van der Waals surface area contributed by atoms with Crippen molar-refractivity contribution in [1.82, 2.24) is 19.1 Å². The molecule has 50 heavy (non-hydrogen) atoms. The van der Waals surface area contributed by atoms with Crippen LogP contribution in [0.4, 0.5) is 0 Å². The predicted molar refractivity (Wildman–Crippen MR) is 207 cm³/mol. The van der Waals surface area contributed by atoms with Crippen LogP contribution in [0.15, 0.2) is 182 Å². The Morgan fingerprint density at radius 3 is 1.48 bits per heavy atom. The molecule has 0 bridgehead atoms. The van der Waals surface area contributed by atoms with Crippen molar-refractivity contribution < 1.29 is 0 Å². The molecular formula is C46H30N4. The van der Waals surface area contributed by atoms with Gasteiger partial charge in [-0.05, 0) is 77.9 Å². The van der Waals surface area contributed by atoms with Crippen molar-refractivity contribution in [3.8, 4) is 45.1 Å². The van der Waals surface area contributed by atoms with E-state index in [0.29, 0.717) is 5.82 Å². The summed E-state index contributed by atoms with van der Waals surface area (Å²) < 4.78 is 4.74. The largest absolute Gasteiger partial charge is 0.309 e. The predicted octanol–water partition coefficient (Wildman–Crippen LogP) is 11.7. The fourth-order valence-electron chi connectivity index (χ4n) is 7.46. The van der Waals surface area contributed by atoms with Gasteiger partial charge in [0.15, 0.2) is 5.82 Å². The zero-order chi connectivity index (χ0) is 33.0. The highest BCUT2D eigenvalue weighted by Gasteiger charge is 2.16. The molecule has 0 saturated carbocycles. The molecule has 0 amide bonds. The fraction of sp³-hybridized carbons (Fsp3) is 0. The van der Waals surface area contributed by atoms with E-state index in [4.69, 9.17) is 4.98 Å². The van der Waals surface area contributed by atoms with Crippen LogP contribution >= 0.6 is 0 Å². The minimum absolute atomic E-state index is 0.708. The number of nitrogens with zero attached hydrogens (tertiary/aromatic N) is 4. The molecule has 0 aliphatic carbocycles. The Morgan fingerprint density at radius 1 is 0.340 bits per heavy atom. The van der Waals surface area contributed by atoms with Gasteiger partial charge in [-0.1, -0.05) is 109 Å². The van der Waals surface area contributed by atoms with Crippen molar-refractivity contribution in [3.05, 3.63) is 182 Å². The van der Waals surface area contributed by atoms with Crippen molar-refractivity contribution in [2.45, 2.75) is 0 Å². The summed E-state index contributed by atoms with van der Waals surface area (Å²) in [6.07, 6.45) is 1.85. The van der Waals surface area contributed by atoms with E-state index in [9.17, 15) is 0 Å². The van der Waals surface area contributed by atoms with Crippen molar-refractivity contribution in [3.63, 3.8) is 0 Å². The zero-order valence-corrected chi connectivity index (χ0v) is 27.1. The fourth-order valence-corrected chi connectivity index (χ4v) is 7.46. The summed E-state index contributed by atoms with van der Waals surface area (Å²) in [4.78, 5) is 9.61. The second-order valence-corrected chi connectivity index (χ2v) is 12.7. The van der Waals surface area contributed by atoms with E-state index >= 15 is 0 Å². The Labute approximate surface area is 289 Å². The maximum Gasteiger partial charge on any atom is 0.159 e. The molecule has 0 aliphatic heterocycles. The highest BCUT2D eigenvalue weighted by Crippen LogP contribution is 2.37. The van der Waals surface area contributed by atoms with Gasteiger partial charge in [0.2, 0.25) is 0 Å². The molecule has 3 heterocycles. The number of rotatable bonds is 5. The van der Waals surface area contributed by atoms with Crippen LogP contribution in [0.1, 0.15) is 0 Å². The highest BCUT2D eigenvalue weighted by atomic mass is 15.0. The average Bonchev–Trinajstić information content (AvgIpc) is 3.71. The van der Waals surface area contributed by atoms with Crippen LogP contribution in [-0.4, -0.2) is 19.1 Å². The van der Waals surface area contributed by atoms with Crippen LogP contribution in [0.5, 0.6) is 0 Å². The Balaban J connectivity index is 1.03. The summed E-state index contributed by atoms with van der Waals surface area (Å²) >= 11 is 0. The number of hydrogen-bond acceptors (Lipinski definition) is 2. The van der Waals surface area contributed by atoms with Gasteiger partial charge in [-0.15, -0.1) is 0 Å². The third kappa shape index (κ3) is 4.54. The Kier molecular flexibility index (Phi) is 6.46.